The predicted octanol–water partition coefficient (Wildman–Crippen LogP) is 3.33. The Morgan fingerprint density at radius 1 is 1.35 bits per heavy atom. The van der Waals surface area contributed by atoms with Crippen molar-refractivity contribution in [3.63, 3.8) is 0 Å². The van der Waals surface area contributed by atoms with Crippen LogP contribution in [-0.4, -0.2) is 11.0 Å². The van der Waals surface area contributed by atoms with E-state index in [1.54, 1.807) is 18.5 Å². The van der Waals surface area contributed by atoms with Crippen molar-refractivity contribution in [3.8, 4) is 6.07 Å². The van der Waals surface area contributed by atoms with Gasteiger partial charge in [0.15, 0.2) is 0 Å². The molecule has 1 N–H and O–H groups in total. The van der Waals surface area contributed by atoms with Crippen LogP contribution in [0.5, 0.6) is 0 Å². The first-order chi connectivity index (χ1) is 8.29. The Kier molecular flexibility index (Phi) is 3.98. The number of anilines is 1. The molecule has 0 bridgehead atoms. The minimum atomic E-state index is 0.497. The zero-order valence-corrected chi connectivity index (χ0v) is 10.3. The molecular weight excluding hydrogens is 210 g/mol. The van der Waals surface area contributed by atoms with Gasteiger partial charge in [-0.25, -0.2) is 0 Å². The fraction of sp³-hybridized carbons (Fsp3) is 0.571. The van der Waals surface area contributed by atoms with Crippen LogP contribution >= 0.6 is 0 Å². The summed E-state index contributed by atoms with van der Waals surface area (Å²) in [5, 5.41) is 12.5. The number of aromatic nitrogens is 1. The van der Waals surface area contributed by atoms with Crippen LogP contribution in [0.15, 0.2) is 18.5 Å². The van der Waals surface area contributed by atoms with Crippen LogP contribution in [0.4, 0.5) is 5.69 Å². The molecule has 0 spiro atoms. The third-order valence-corrected chi connectivity index (χ3v) is 3.56. The topological polar surface area (TPSA) is 48.7 Å². The molecule has 17 heavy (non-hydrogen) atoms. The predicted molar refractivity (Wildman–Crippen MR) is 68.6 cm³/mol. The molecule has 0 amide bonds. The third-order valence-electron chi connectivity index (χ3n) is 3.56. The van der Waals surface area contributed by atoms with Gasteiger partial charge >= 0.3 is 0 Å². The minimum Gasteiger partial charge on any atom is -0.380 e. The molecule has 3 nitrogen and oxygen atoms in total. The van der Waals surface area contributed by atoms with E-state index in [2.05, 4.69) is 23.3 Å². The van der Waals surface area contributed by atoms with Gasteiger partial charge < -0.3 is 5.32 Å². The van der Waals surface area contributed by atoms with E-state index in [1.807, 2.05) is 0 Å². The molecule has 1 aromatic rings. The van der Waals surface area contributed by atoms with Gasteiger partial charge in [0.05, 0.1) is 17.4 Å². The number of hydrogen-bond acceptors (Lipinski definition) is 3. The van der Waals surface area contributed by atoms with Crippen molar-refractivity contribution in [3.05, 3.63) is 24.0 Å². The maximum absolute atomic E-state index is 9.03. The van der Waals surface area contributed by atoms with Gasteiger partial charge in [0.25, 0.3) is 0 Å². The highest BCUT2D eigenvalue weighted by Crippen LogP contribution is 2.25. The lowest BCUT2D eigenvalue weighted by Crippen LogP contribution is -2.19. The molecule has 1 aliphatic carbocycles. The monoisotopic (exact) mass is 229 g/mol. The first-order valence-corrected chi connectivity index (χ1v) is 6.40. The fourth-order valence-electron chi connectivity index (χ4n) is 2.46. The molecule has 2 rings (SSSR count). The SMILES string of the molecule is CC1CCCC(Nc2cnccc2C#N)CC1. The molecule has 2 atom stereocenters. The lowest BCUT2D eigenvalue weighted by Gasteiger charge is -2.18. The van der Waals surface area contributed by atoms with Crippen molar-refractivity contribution >= 4 is 5.69 Å². The Morgan fingerprint density at radius 3 is 3.06 bits per heavy atom. The second-order valence-corrected chi connectivity index (χ2v) is 4.99. The van der Waals surface area contributed by atoms with E-state index in [0.29, 0.717) is 11.6 Å². The van der Waals surface area contributed by atoms with E-state index in [1.165, 1.54) is 32.1 Å². The maximum atomic E-state index is 9.03. The Bertz CT molecular complexity index is 408. The normalized spacial score (nSPS) is 24.7. The van der Waals surface area contributed by atoms with Crippen molar-refractivity contribution in [2.75, 3.05) is 5.32 Å². The average molecular weight is 229 g/mol. The zero-order valence-electron chi connectivity index (χ0n) is 10.3. The van der Waals surface area contributed by atoms with Gasteiger partial charge in [-0.2, -0.15) is 5.26 Å². The maximum Gasteiger partial charge on any atom is 0.101 e. The highest BCUT2D eigenvalue weighted by atomic mass is 14.9. The first-order valence-electron chi connectivity index (χ1n) is 6.40. The number of hydrogen-bond donors (Lipinski definition) is 1. The van der Waals surface area contributed by atoms with Crippen molar-refractivity contribution in [2.45, 2.75) is 45.1 Å². The summed E-state index contributed by atoms with van der Waals surface area (Å²) in [6.07, 6.45) is 9.70. The molecular formula is C14H19N3. The number of nitrogens with one attached hydrogen (secondary N) is 1. The van der Waals surface area contributed by atoms with Gasteiger partial charge in [0, 0.05) is 12.2 Å². The van der Waals surface area contributed by atoms with E-state index in [4.69, 9.17) is 5.26 Å². The summed E-state index contributed by atoms with van der Waals surface area (Å²) in [6, 6.07) is 4.47. The molecule has 0 aromatic carbocycles. The second kappa shape index (κ2) is 5.67. The Labute approximate surface area is 103 Å². The van der Waals surface area contributed by atoms with Gasteiger partial charge in [-0.15, -0.1) is 0 Å². The number of nitrogens with zero attached hydrogens (tertiary/aromatic N) is 2. The van der Waals surface area contributed by atoms with Crippen LogP contribution in [0.25, 0.3) is 0 Å². The van der Waals surface area contributed by atoms with Gasteiger partial charge in [-0.05, 0) is 31.2 Å². The highest BCUT2D eigenvalue weighted by molar-refractivity contribution is 5.55. The Balaban J connectivity index is 2.03. The lowest BCUT2D eigenvalue weighted by molar-refractivity contribution is 0.502. The van der Waals surface area contributed by atoms with Gasteiger partial charge in [0.2, 0.25) is 0 Å². The van der Waals surface area contributed by atoms with Crippen LogP contribution in [0, 0.1) is 17.2 Å². The van der Waals surface area contributed by atoms with E-state index < -0.39 is 0 Å². The standard InChI is InChI=1S/C14H19N3/c1-11-3-2-4-13(6-5-11)17-14-10-16-8-7-12(14)9-15/h7-8,10-11,13,17H,2-6H2,1H3. The number of rotatable bonds is 2. The molecule has 0 aliphatic heterocycles. The van der Waals surface area contributed by atoms with Crippen LogP contribution in [-0.2, 0) is 0 Å². The van der Waals surface area contributed by atoms with Crippen molar-refractivity contribution in [1.29, 1.82) is 5.26 Å². The smallest absolute Gasteiger partial charge is 0.101 e. The van der Waals surface area contributed by atoms with Gasteiger partial charge in [-0.1, -0.05) is 19.8 Å². The number of nitriles is 1. The molecule has 1 fully saturated rings. The Hall–Kier alpha value is -1.56. The molecule has 3 heteroatoms. The summed E-state index contributed by atoms with van der Waals surface area (Å²) in [7, 11) is 0. The Morgan fingerprint density at radius 2 is 2.24 bits per heavy atom. The van der Waals surface area contributed by atoms with Gasteiger partial charge in [0.1, 0.15) is 6.07 Å². The van der Waals surface area contributed by atoms with Crippen molar-refractivity contribution in [1.82, 2.24) is 4.98 Å². The summed E-state index contributed by atoms with van der Waals surface area (Å²) in [5.74, 6) is 0.839. The lowest BCUT2D eigenvalue weighted by atomic mass is 10.0. The van der Waals surface area contributed by atoms with E-state index in [-0.39, 0.29) is 0 Å². The van der Waals surface area contributed by atoms with Crippen LogP contribution < -0.4 is 5.32 Å². The molecule has 90 valence electrons. The molecule has 1 aliphatic rings. The van der Waals surface area contributed by atoms with Gasteiger partial charge in [-0.3, -0.25) is 4.98 Å². The van der Waals surface area contributed by atoms with E-state index in [9.17, 15) is 0 Å². The quantitative estimate of drug-likeness (QED) is 0.791. The first kappa shape index (κ1) is 11.9. The zero-order chi connectivity index (χ0) is 12.1. The minimum absolute atomic E-state index is 0.497. The summed E-state index contributed by atoms with van der Waals surface area (Å²) in [6.45, 7) is 2.33. The summed E-state index contributed by atoms with van der Waals surface area (Å²) in [5.41, 5.74) is 1.58. The summed E-state index contributed by atoms with van der Waals surface area (Å²) in [4.78, 5) is 4.08. The third kappa shape index (κ3) is 3.20. The fourth-order valence-corrected chi connectivity index (χ4v) is 2.46. The molecule has 1 heterocycles. The second-order valence-electron chi connectivity index (χ2n) is 4.99. The highest BCUT2D eigenvalue weighted by Gasteiger charge is 2.16. The molecule has 1 aromatic heterocycles. The van der Waals surface area contributed by atoms with E-state index >= 15 is 0 Å². The molecule has 0 saturated heterocycles. The van der Waals surface area contributed by atoms with Crippen molar-refractivity contribution in [2.24, 2.45) is 5.92 Å². The molecule has 2 unspecified atom stereocenters. The van der Waals surface area contributed by atoms with Crippen LogP contribution in [0.1, 0.15) is 44.6 Å². The summed E-state index contributed by atoms with van der Waals surface area (Å²) < 4.78 is 0. The number of pyridine rings is 1. The largest absolute Gasteiger partial charge is 0.380 e. The van der Waals surface area contributed by atoms with Crippen LogP contribution in [0.2, 0.25) is 0 Å². The van der Waals surface area contributed by atoms with Crippen LogP contribution in [0.3, 0.4) is 0 Å². The van der Waals surface area contributed by atoms with Crippen molar-refractivity contribution < 1.29 is 0 Å². The average Bonchev–Trinajstić information content (AvgIpc) is 2.55. The molecule has 0 radical (unpaired) electrons. The summed E-state index contributed by atoms with van der Waals surface area (Å²) >= 11 is 0. The molecule has 1 saturated carbocycles. The van der Waals surface area contributed by atoms with E-state index in [0.717, 1.165) is 11.6 Å².